The van der Waals surface area contributed by atoms with Crippen molar-refractivity contribution in [1.29, 1.82) is 5.26 Å². The molecule has 0 spiro atoms. The molecule has 102 valence electrons. The van der Waals surface area contributed by atoms with Crippen molar-refractivity contribution in [1.82, 2.24) is 4.90 Å². The number of nitrogens with zero attached hydrogens (tertiary/aromatic N) is 2. The molecule has 1 unspecified atom stereocenters. The Labute approximate surface area is 116 Å². The summed E-state index contributed by atoms with van der Waals surface area (Å²) in [6, 6.07) is 11.5. The lowest BCUT2D eigenvalue weighted by Crippen LogP contribution is -2.39. The molecular formula is C16H23N3. The summed E-state index contributed by atoms with van der Waals surface area (Å²) in [5.74, 6) is 0. The molecule has 1 aromatic carbocycles. The molecule has 19 heavy (non-hydrogen) atoms. The van der Waals surface area contributed by atoms with Crippen molar-refractivity contribution >= 4 is 0 Å². The first-order valence-corrected chi connectivity index (χ1v) is 7.09. The topological polar surface area (TPSA) is 53.0 Å². The summed E-state index contributed by atoms with van der Waals surface area (Å²) >= 11 is 0. The van der Waals surface area contributed by atoms with Crippen molar-refractivity contribution in [3.8, 4) is 6.07 Å². The lowest BCUT2D eigenvalue weighted by Gasteiger charge is -2.37. The largest absolute Gasteiger partial charge is 0.328 e. The highest BCUT2D eigenvalue weighted by Gasteiger charge is 2.25. The Morgan fingerprint density at radius 2 is 1.79 bits per heavy atom. The van der Waals surface area contributed by atoms with E-state index in [2.05, 4.69) is 37.1 Å². The summed E-state index contributed by atoms with van der Waals surface area (Å²) in [5, 5.41) is 8.83. The van der Waals surface area contributed by atoms with Crippen LogP contribution in [0.4, 0.5) is 0 Å². The van der Waals surface area contributed by atoms with Gasteiger partial charge in [-0.1, -0.05) is 12.1 Å². The van der Waals surface area contributed by atoms with Gasteiger partial charge in [-0.3, -0.25) is 4.90 Å². The molecule has 1 aliphatic rings. The Hall–Kier alpha value is -1.37. The predicted octanol–water partition coefficient (Wildman–Crippen LogP) is 2.82. The summed E-state index contributed by atoms with van der Waals surface area (Å²) < 4.78 is 0. The van der Waals surface area contributed by atoms with Crippen molar-refractivity contribution in [2.24, 2.45) is 5.73 Å². The normalized spacial score (nSPS) is 25.0. The Kier molecular flexibility index (Phi) is 4.57. The first kappa shape index (κ1) is 14.0. The lowest BCUT2D eigenvalue weighted by molar-refractivity contribution is 0.140. The van der Waals surface area contributed by atoms with Crippen LogP contribution in [-0.4, -0.2) is 24.0 Å². The summed E-state index contributed by atoms with van der Waals surface area (Å²) in [6.45, 7) is 2.23. The van der Waals surface area contributed by atoms with E-state index in [-0.39, 0.29) is 0 Å². The summed E-state index contributed by atoms with van der Waals surface area (Å²) in [4.78, 5) is 2.45. The van der Waals surface area contributed by atoms with Gasteiger partial charge in [0.2, 0.25) is 0 Å². The van der Waals surface area contributed by atoms with Gasteiger partial charge in [-0.25, -0.2) is 0 Å². The minimum absolute atomic E-state index is 0.382. The monoisotopic (exact) mass is 257 g/mol. The summed E-state index contributed by atoms with van der Waals surface area (Å²) in [6.07, 6.45) is 4.65. The second-order valence-corrected chi connectivity index (χ2v) is 5.64. The fraction of sp³-hybridized carbons (Fsp3) is 0.562. The van der Waals surface area contributed by atoms with Crippen LogP contribution in [0.5, 0.6) is 0 Å². The smallest absolute Gasteiger partial charge is 0.0991 e. The zero-order valence-electron chi connectivity index (χ0n) is 11.8. The molecule has 2 rings (SSSR count). The van der Waals surface area contributed by atoms with Crippen LogP contribution in [0.15, 0.2) is 24.3 Å². The second-order valence-electron chi connectivity index (χ2n) is 5.64. The Morgan fingerprint density at radius 3 is 2.32 bits per heavy atom. The maximum atomic E-state index is 8.83. The van der Waals surface area contributed by atoms with Gasteiger partial charge in [0, 0.05) is 18.1 Å². The van der Waals surface area contributed by atoms with Gasteiger partial charge in [-0.05, 0) is 57.4 Å². The molecule has 3 nitrogen and oxygen atoms in total. The highest BCUT2D eigenvalue weighted by Crippen LogP contribution is 2.28. The van der Waals surface area contributed by atoms with Crippen LogP contribution in [-0.2, 0) is 0 Å². The standard InChI is InChI=1S/C16H23N3/c1-12(14-5-3-13(11-17)4-6-14)19(2)16-9-7-15(18)8-10-16/h3-6,12,15-16H,7-10,18H2,1-2H3. The van der Waals surface area contributed by atoms with E-state index in [4.69, 9.17) is 11.0 Å². The number of rotatable bonds is 3. The van der Waals surface area contributed by atoms with Gasteiger partial charge >= 0.3 is 0 Å². The first-order valence-electron chi connectivity index (χ1n) is 7.09. The molecule has 2 N–H and O–H groups in total. The Balaban J connectivity index is 2.01. The van der Waals surface area contributed by atoms with Gasteiger partial charge in [0.05, 0.1) is 11.6 Å². The van der Waals surface area contributed by atoms with E-state index in [1.807, 2.05) is 12.1 Å². The highest BCUT2D eigenvalue weighted by molar-refractivity contribution is 5.32. The lowest BCUT2D eigenvalue weighted by atomic mass is 9.89. The van der Waals surface area contributed by atoms with Gasteiger partial charge in [-0.2, -0.15) is 5.26 Å². The third-order valence-corrected chi connectivity index (χ3v) is 4.45. The quantitative estimate of drug-likeness (QED) is 0.906. The molecular weight excluding hydrogens is 234 g/mol. The molecule has 0 bridgehead atoms. The Morgan fingerprint density at radius 1 is 1.21 bits per heavy atom. The molecule has 1 aromatic rings. The van der Waals surface area contributed by atoms with Gasteiger partial charge in [0.25, 0.3) is 0 Å². The number of hydrogen-bond donors (Lipinski definition) is 1. The van der Waals surface area contributed by atoms with Crippen molar-refractivity contribution in [2.45, 2.75) is 50.7 Å². The number of nitrogens with two attached hydrogens (primary N) is 1. The average molecular weight is 257 g/mol. The van der Waals surface area contributed by atoms with Gasteiger partial charge < -0.3 is 5.73 Å². The zero-order valence-corrected chi connectivity index (χ0v) is 11.8. The van der Waals surface area contributed by atoms with E-state index >= 15 is 0 Å². The van der Waals surface area contributed by atoms with Gasteiger partial charge in [-0.15, -0.1) is 0 Å². The van der Waals surface area contributed by atoms with Crippen LogP contribution in [0.1, 0.15) is 49.8 Å². The molecule has 3 heteroatoms. The molecule has 0 amide bonds. The second kappa shape index (κ2) is 6.18. The third kappa shape index (κ3) is 3.34. The average Bonchev–Trinajstić information content (AvgIpc) is 2.46. The molecule has 1 fully saturated rings. The number of benzene rings is 1. The van der Waals surface area contributed by atoms with Crippen molar-refractivity contribution in [3.63, 3.8) is 0 Å². The maximum absolute atomic E-state index is 8.83. The van der Waals surface area contributed by atoms with Crippen LogP contribution in [0, 0.1) is 11.3 Å². The fourth-order valence-electron chi connectivity index (χ4n) is 2.90. The fourth-order valence-corrected chi connectivity index (χ4v) is 2.90. The molecule has 0 saturated heterocycles. The summed E-state index contributed by atoms with van der Waals surface area (Å²) in [7, 11) is 2.20. The van der Waals surface area contributed by atoms with E-state index in [0.29, 0.717) is 18.1 Å². The number of hydrogen-bond acceptors (Lipinski definition) is 3. The van der Waals surface area contributed by atoms with Crippen LogP contribution in [0.25, 0.3) is 0 Å². The van der Waals surface area contributed by atoms with Crippen molar-refractivity contribution < 1.29 is 0 Å². The van der Waals surface area contributed by atoms with Crippen molar-refractivity contribution in [3.05, 3.63) is 35.4 Å². The minimum atomic E-state index is 0.382. The SMILES string of the molecule is CC(c1ccc(C#N)cc1)N(C)C1CCC(N)CC1. The van der Waals surface area contributed by atoms with E-state index in [9.17, 15) is 0 Å². The first-order chi connectivity index (χ1) is 9.11. The molecule has 1 atom stereocenters. The maximum Gasteiger partial charge on any atom is 0.0991 e. The highest BCUT2D eigenvalue weighted by atomic mass is 15.2. The van der Waals surface area contributed by atoms with E-state index in [1.165, 1.54) is 18.4 Å². The van der Waals surface area contributed by atoms with E-state index in [1.54, 1.807) is 0 Å². The third-order valence-electron chi connectivity index (χ3n) is 4.45. The summed E-state index contributed by atoms with van der Waals surface area (Å²) in [5.41, 5.74) is 7.97. The Bertz CT molecular complexity index is 438. The van der Waals surface area contributed by atoms with E-state index < -0.39 is 0 Å². The predicted molar refractivity (Wildman–Crippen MR) is 77.6 cm³/mol. The minimum Gasteiger partial charge on any atom is -0.328 e. The molecule has 1 aliphatic carbocycles. The van der Waals surface area contributed by atoms with Crippen LogP contribution < -0.4 is 5.73 Å². The molecule has 0 radical (unpaired) electrons. The van der Waals surface area contributed by atoms with E-state index in [0.717, 1.165) is 18.4 Å². The van der Waals surface area contributed by atoms with Crippen molar-refractivity contribution in [2.75, 3.05) is 7.05 Å². The van der Waals surface area contributed by atoms with Crippen LogP contribution in [0.2, 0.25) is 0 Å². The number of nitriles is 1. The zero-order chi connectivity index (χ0) is 13.8. The molecule has 0 aromatic heterocycles. The van der Waals surface area contributed by atoms with Gasteiger partial charge in [0.15, 0.2) is 0 Å². The molecule has 0 aliphatic heterocycles. The molecule has 0 heterocycles. The molecule has 1 saturated carbocycles. The van der Waals surface area contributed by atoms with Crippen LogP contribution in [0.3, 0.4) is 0 Å². The van der Waals surface area contributed by atoms with Crippen LogP contribution >= 0.6 is 0 Å². The van der Waals surface area contributed by atoms with Gasteiger partial charge in [0.1, 0.15) is 0 Å².